The smallest absolute Gasteiger partial charge is 0.00720 e. The molecule has 0 atom stereocenters. The van der Waals surface area contributed by atoms with Crippen LogP contribution >= 0.6 is 11.8 Å². The van der Waals surface area contributed by atoms with Crippen LogP contribution in [0.1, 0.15) is 47.0 Å². The Labute approximate surface area is 117 Å². The number of benzene rings is 1. The third-order valence-electron chi connectivity index (χ3n) is 4.69. The third-order valence-corrected chi connectivity index (χ3v) is 5.79. The molecule has 1 saturated carbocycles. The van der Waals surface area contributed by atoms with Crippen LogP contribution in [0.2, 0.25) is 0 Å². The summed E-state index contributed by atoms with van der Waals surface area (Å²) in [6, 6.07) is 10.8. The fourth-order valence-corrected chi connectivity index (χ4v) is 5.16. The Morgan fingerprint density at radius 3 is 2.11 bits per heavy atom. The van der Waals surface area contributed by atoms with E-state index in [1.165, 1.54) is 29.9 Å². The fraction of sp³-hybridized carbons (Fsp3) is 0.647. The minimum absolute atomic E-state index is 0.490. The Bertz CT molecular complexity index is 362. The van der Waals surface area contributed by atoms with E-state index in [1.807, 2.05) is 11.8 Å². The molecule has 0 heterocycles. The molecule has 1 aliphatic carbocycles. The Hall–Kier alpha value is -0.430. The molecule has 0 aliphatic heterocycles. The summed E-state index contributed by atoms with van der Waals surface area (Å²) in [7, 11) is 0. The van der Waals surface area contributed by atoms with E-state index in [4.69, 9.17) is 0 Å². The van der Waals surface area contributed by atoms with Gasteiger partial charge in [0.25, 0.3) is 0 Å². The van der Waals surface area contributed by atoms with Gasteiger partial charge in [0.2, 0.25) is 0 Å². The highest BCUT2D eigenvalue weighted by Crippen LogP contribution is 2.52. The van der Waals surface area contributed by atoms with Crippen molar-refractivity contribution < 1.29 is 0 Å². The second kappa shape index (κ2) is 5.28. The molecule has 0 bridgehead atoms. The van der Waals surface area contributed by atoms with Crippen molar-refractivity contribution in [1.82, 2.24) is 0 Å². The van der Waals surface area contributed by atoms with Crippen molar-refractivity contribution in [2.24, 2.45) is 16.7 Å². The zero-order valence-corrected chi connectivity index (χ0v) is 13.0. The lowest BCUT2D eigenvalue weighted by molar-refractivity contribution is 0.0322. The normalized spacial score (nSPS) is 22.9. The predicted molar refractivity (Wildman–Crippen MR) is 82.1 cm³/mol. The van der Waals surface area contributed by atoms with Gasteiger partial charge in [-0.15, -0.1) is 11.8 Å². The number of rotatable bonds is 3. The van der Waals surface area contributed by atoms with Gasteiger partial charge < -0.3 is 0 Å². The van der Waals surface area contributed by atoms with Crippen LogP contribution in [0.5, 0.6) is 0 Å². The molecule has 0 spiro atoms. The summed E-state index contributed by atoms with van der Waals surface area (Å²) in [5.41, 5.74) is 0.979. The summed E-state index contributed by atoms with van der Waals surface area (Å²) in [4.78, 5) is 1.41. The van der Waals surface area contributed by atoms with Crippen LogP contribution in [0, 0.1) is 16.7 Å². The van der Waals surface area contributed by atoms with Crippen molar-refractivity contribution in [3.63, 3.8) is 0 Å². The average molecular weight is 262 g/mol. The molecule has 18 heavy (non-hydrogen) atoms. The van der Waals surface area contributed by atoms with Crippen molar-refractivity contribution in [2.45, 2.75) is 51.9 Å². The van der Waals surface area contributed by atoms with Gasteiger partial charge in [0.1, 0.15) is 0 Å². The first-order valence-electron chi connectivity index (χ1n) is 7.10. The second-order valence-electron chi connectivity index (χ2n) is 7.01. The Kier molecular flexibility index (Phi) is 4.11. The molecule has 0 aromatic heterocycles. The molecule has 1 heteroatoms. The summed E-state index contributed by atoms with van der Waals surface area (Å²) in [5.74, 6) is 2.06. The standard InChI is InChI=1S/C17H26S/c1-16(2)11-8-12-17(3,4)15(16)13-18-14-9-6-5-7-10-14/h5-7,9-10,15H,8,11-13H2,1-4H3. The highest BCUT2D eigenvalue weighted by Gasteiger charge is 2.43. The van der Waals surface area contributed by atoms with Crippen LogP contribution < -0.4 is 0 Å². The summed E-state index contributed by atoms with van der Waals surface area (Å²) < 4.78 is 0. The molecule has 1 aromatic carbocycles. The number of hydrogen-bond acceptors (Lipinski definition) is 1. The monoisotopic (exact) mass is 262 g/mol. The van der Waals surface area contributed by atoms with E-state index < -0.39 is 0 Å². The third kappa shape index (κ3) is 3.12. The van der Waals surface area contributed by atoms with Crippen LogP contribution in [0.15, 0.2) is 35.2 Å². The highest BCUT2D eigenvalue weighted by atomic mass is 32.2. The average Bonchev–Trinajstić information content (AvgIpc) is 2.28. The Balaban J connectivity index is 2.05. The van der Waals surface area contributed by atoms with E-state index in [-0.39, 0.29) is 0 Å². The molecular weight excluding hydrogens is 236 g/mol. The highest BCUT2D eigenvalue weighted by molar-refractivity contribution is 7.99. The lowest BCUT2D eigenvalue weighted by Crippen LogP contribution is -2.41. The van der Waals surface area contributed by atoms with E-state index in [0.717, 1.165) is 5.92 Å². The van der Waals surface area contributed by atoms with E-state index in [2.05, 4.69) is 58.0 Å². The minimum Gasteiger partial charge on any atom is -0.126 e. The lowest BCUT2D eigenvalue weighted by Gasteiger charge is -2.49. The molecule has 1 fully saturated rings. The second-order valence-corrected chi connectivity index (χ2v) is 8.10. The van der Waals surface area contributed by atoms with Gasteiger partial charge in [0.05, 0.1) is 0 Å². The van der Waals surface area contributed by atoms with E-state index in [0.29, 0.717) is 10.8 Å². The molecule has 0 amide bonds. The zero-order valence-electron chi connectivity index (χ0n) is 12.2. The Morgan fingerprint density at radius 1 is 1.00 bits per heavy atom. The number of hydrogen-bond donors (Lipinski definition) is 0. The molecule has 1 aromatic rings. The first-order chi connectivity index (χ1) is 8.42. The molecule has 0 saturated heterocycles. The Morgan fingerprint density at radius 2 is 1.56 bits per heavy atom. The van der Waals surface area contributed by atoms with E-state index >= 15 is 0 Å². The van der Waals surface area contributed by atoms with Crippen molar-refractivity contribution in [2.75, 3.05) is 5.75 Å². The van der Waals surface area contributed by atoms with E-state index in [9.17, 15) is 0 Å². The van der Waals surface area contributed by atoms with Gasteiger partial charge in [-0.3, -0.25) is 0 Å². The van der Waals surface area contributed by atoms with Gasteiger partial charge in [0, 0.05) is 10.6 Å². The maximum atomic E-state index is 2.46. The molecule has 1 aliphatic rings. The molecule has 2 rings (SSSR count). The van der Waals surface area contributed by atoms with Crippen molar-refractivity contribution in [1.29, 1.82) is 0 Å². The molecule has 0 unspecified atom stereocenters. The summed E-state index contributed by atoms with van der Waals surface area (Å²) in [6.07, 6.45) is 4.17. The molecule has 100 valence electrons. The first-order valence-corrected chi connectivity index (χ1v) is 8.08. The minimum atomic E-state index is 0.490. The van der Waals surface area contributed by atoms with Crippen molar-refractivity contribution in [3.8, 4) is 0 Å². The van der Waals surface area contributed by atoms with Gasteiger partial charge in [-0.25, -0.2) is 0 Å². The van der Waals surface area contributed by atoms with Gasteiger partial charge >= 0.3 is 0 Å². The summed E-state index contributed by atoms with van der Waals surface area (Å²) in [5, 5.41) is 0. The molecule has 0 nitrogen and oxygen atoms in total. The lowest BCUT2D eigenvalue weighted by atomic mass is 9.58. The first kappa shape index (κ1) is 14.0. The van der Waals surface area contributed by atoms with E-state index in [1.54, 1.807) is 0 Å². The van der Waals surface area contributed by atoms with Crippen LogP contribution in [0.3, 0.4) is 0 Å². The molecule has 0 radical (unpaired) electrons. The van der Waals surface area contributed by atoms with Gasteiger partial charge in [0.15, 0.2) is 0 Å². The maximum Gasteiger partial charge on any atom is 0.00720 e. The topological polar surface area (TPSA) is 0 Å². The number of thioether (sulfide) groups is 1. The molecular formula is C17H26S. The maximum absolute atomic E-state index is 2.46. The summed E-state index contributed by atoms with van der Waals surface area (Å²) >= 11 is 2.03. The van der Waals surface area contributed by atoms with Gasteiger partial charge in [-0.1, -0.05) is 52.3 Å². The van der Waals surface area contributed by atoms with Crippen LogP contribution in [0.4, 0.5) is 0 Å². The van der Waals surface area contributed by atoms with Gasteiger partial charge in [-0.05, 0) is 41.7 Å². The zero-order chi connectivity index (χ0) is 13.2. The summed E-state index contributed by atoms with van der Waals surface area (Å²) in [6.45, 7) is 9.85. The quantitative estimate of drug-likeness (QED) is 0.636. The molecule has 0 N–H and O–H groups in total. The van der Waals surface area contributed by atoms with Crippen LogP contribution in [-0.2, 0) is 0 Å². The van der Waals surface area contributed by atoms with Crippen LogP contribution in [0.25, 0.3) is 0 Å². The van der Waals surface area contributed by atoms with Crippen molar-refractivity contribution >= 4 is 11.8 Å². The van der Waals surface area contributed by atoms with Crippen LogP contribution in [-0.4, -0.2) is 5.75 Å². The van der Waals surface area contributed by atoms with Crippen molar-refractivity contribution in [3.05, 3.63) is 30.3 Å². The largest absolute Gasteiger partial charge is 0.126 e. The van der Waals surface area contributed by atoms with Gasteiger partial charge in [-0.2, -0.15) is 0 Å². The predicted octanol–water partition coefficient (Wildman–Crippen LogP) is 5.63. The fourth-order valence-electron chi connectivity index (χ4n) is 3.55. The SMILES string of the molecule is CC1(C)CCCC(C)(C)C1CSc1ccccc1.